The maximum atomic E-state index is 12.7. The van der Waals surface area contributed by atoms with Gasteiger partial charge in [0.1, 0.15) is 5.76 Å². The Hall–Kier alpha value is -2.44. The van der Waals surface area contributed by atoms with Gasteiger partial charge in [0, 0.05) is 17.0 Å². The highest BCUT2D eigenvalue weighted by Crippen LogP contribution is 2.40. The van der Waals surface area contributed by atoms with Gasteiger partial charge >= 0.3 is 0 Å². The second-order valence-electron chi connectivity index (χ2n) is 6.29. The average Bonchev–Trinajstić information content (AvgIpc) is 3.24. The maximum absolute atomic E-state index is 12.7. The summed E-state index contributed by atoms with van der Waals surface area (Å²) in [5.41, 5.74) is 0.652. The normalized spacial score (nSPS) is 19.5. The number of ketones is 1. The Morgan fingerprint density at radius 3 is 2.54 bits per heavy atom. The van der Waals surface area contributed by atoms with Gasteiger partial charge in [0.25, 0.3) is 11.7 Å². The predicted molar refractivity (Wildman–Crippen MR) is 101 cm³/mol. The molecule has 2 aromatic rings. The van der Waals surface area contributed by atoms with Gasteiger partial charge in [-0.2, -0.15) is 0 Å². The Balaban J connectivity index is 2.02. The molecule has 6 heteroatoms. The third-order valence-corrected chi connectivity index (χ3v) is 5.11. The fourth-order valence-corrected chi connectivity index (χ4v) is 3.84. The zero-order chi connectivity index (χ0) is 18.7. The number of carbonyl (C=O) groups excluding carboxylic acids is 2. The van der Waals surface area contributed by atoms with Gasteiger partial charge in [-0.25, -0.2) is 0 Å². The van der Waals surface area contributed by atoms with Crippen molar-refractivity contribution in [2.24, 2.45) is 0 Å². The molecule has 1 aromatic carbocycles. The van der Waals surface area contributed by atoms with Crippen LogP contribution in [0.25, 0.3) is 5.76 Å². The molecule has 1 aliphatic heterocycles. The standard InChI is InChI=1S/C20H21NO4S/c1-13(2)25-11-10-21-17(15-9-6-12-26-15)16(19(23)20(21)24)18(22)14-7-4-3-5-8-14/h3-9,12-13,17,22H,10-11H2,1-2H3/b18-16-. The molecule has 1 aromatic heterocycles. The summed E-state index contributed by atoms with van der Waals surface area (Å²) in [5.74, 6) is -1.41. The first-order valence-corrected chi connectivity index (χ1v) is 9.37. The van der Waals surface area contributed by atoms with E-state index in [1.54, 1.807) is 24.3 Å². The first-order valence-electron chi connectivity index (χ1n) is 8.49. The topological polar surface area (TPSA) is 66.8 Å². The van der Waals surface area contributed by atoms with Gasteiger partial charge in [-0.1, -0.05) is 36.4 Å². The largest absolute Gasteiger partial charge is 0.507 e. The monoisotopic (exact) mass is 371 g/mol. The van der Waals surface area contributed by atoms with Crippen LogP contribution in [0.5, 0.6) is 0 Å². The summed E-state index contributed by atoms with van der Waals surface area (Å²) in [6, 6.07) is 12.0. The number of amides is 1. The molecule has 0 aliphatic carbocycles. The van der Waals surface area contributed by atoms with E-state index in [1.165, 1.54) is 16.2 Å². The lowest BCUT2D eigenvalue weighted by Gasteiger charge is -2.24. The molecular weight excluding hydrogens is 350 g/mol. The summed E-state index contributed by atoms with van der Waals surface area (Å²) in [6.07, 6.45) is 0.0383. The quantitative estimate of drug-likeness (QED) is 0.479. The number of hydrogen-bond acceptors (Lipinski definition) is 5. The van der Waals surface area contributed by atoms with Crippen molar-refractivity contribution in [1.82, 2.24) is 4.90 Å². The van der Waals surface area contributed by atoms with Gasteiger partial charge < -0.3 is 14.7 Å². The average molecular weight is 371 g/mol. The first kappa shape index (κ1) is 18.4. The molecule has 1 amide bonds. The highest BCUT2D eigenvalue weighted by atomic mass is 32.1. The minimum absolute atomic E-state index is 0.0383. The van der Waals surface area contributed by atoms with E-state index in [2.05, 4.69) is 0 Å². The summed E-state index contributed by atoms with van der Waals surface area (Å²) in [6.45, 7) is 4.45. The Labute approximate surface area is 156 Å². The molecule has 1 saturated heterocycles. The Kier molecular flexibility index (Phi) is 5.54. The van der Waals surface area contributed by atoms with Crippen LogP contribution in [-0.2, 0) is 14.3 Å². The van der Waals surface area contributed by atoms with E-state index in [0.29, 0.717) is 12.2 Å². The Morgan fingerprint density at radius 1 is 1.19 bits per heavy atom. The smallest absolute Gasteiger partial charge is 0.295 e. The number of benzene rings is 1. The molecule has 1 unspecified atom stereocenters. The van der Waals surface area contributed by atoms with Crippen molar-refractivity contribution >= 4 is 28.8 Å². The summed E-state index contributed by atoms with van der Waals surface area (Å²) in [4.78, 5) is 27.6. The van der Waals surface area contributed by atoms with Gasteiger partial charge in [-0.15, -0.1) is 11.3 Å². The van der Waals surface area contributed by atoms with Crippen molar-refractivity contribution < 1.29 is 19.4 Å². The number of rotatable bonds is 6. The van der Waals surface area contributed by atoms with E-state index in [9.17, 15) is 14.7 Å². The van der Waals surface area contributed by atoms with Gasteiger partial charge in [0.05, 0.1) is 24.3 Å². The van der Waals surface area contributed by atoms with Crippen LogP contribution < -0.4 is 0 Å². The van der Waals surface area contributed by atoms with Crippen LogP contribution >= 0.6 is 11.3 Å². The van der Waals surface area contributed by atoms with Crippen molar-refractivity contribution in [1.29, 1.82) is 0 Å². The molecule has 1 fully saturated rings. The van der Waals surface area contributed by atoms with Crippen LogP contribution in [0, 0.1) is 0 Å². The summed E-state index contributed by atoms with van der Waals surface area (Å²) in [7, 11) is 0. The predicted octanol–water partition coefficient (Wildman–Crippen LogP) is 3.59. The van der Waals surface area contributed by atoms with Crippen LogP contribution in [0.2, 0.25) is 0 Å². The molecule has 0 radical (unpaired) electrons. The Bertz CT molecular complexity index is 812. The van der Waals surface area contributed by atoms with E-state index in [0.717, 1.165) is 4.88 Å². The van der Waals surface area contributed by atoms with E-state index in [4.69, 9.17) is 4.74 Å². The van der Waals surface area contributed by atoms with E-state index >= 15 is 0 Å². The number of likely N-dealkylation sites (tertiary alicyclic amines) is 1. The van der Waals surface area contributed by atoms with Crippen molar-refractivity contribution in [2.45, 2.75) is 26.0 Å². The van der Waals surface area contributed by atoms with E-state index < -0.39 is 17.7 Å². The molecule has 1 aliphatic rings. The van der Waals surface area contributed by atoms with Crippen molar-refractivity contribution in [3.8, 4) is 0 Å². The van der Waals surface area contributed by atoms with Crippen LogP contribution in [0.15, 0.2) is 53.4 Å². The summed E-state index contributed by atoms with van der Waals surface area (Å²) >= 11 is 1.45. The second kappa shape index (κ2) is 7.85. The number of aliphatic hydroxyl groups excluding tert-OH is 1. The second-order valence-corrected chi connectivity index (χ2v) is 7.27. The molecule has 0 saturated carbocycles. The highest BCUT2D eigenvalue weighted by Gasteiger charge is 2.46. The van der Waals surface area contributed by atoms with Crippen LogP contribution in [0.4, 0.5) is 0 Å². The zero-order valence-electron chi connectivity index (χ0n) is 14.7. The number of thiophene rings is 1. The molecule has 1 atom stereocenters. The van der Waals surface area contributed by atoms with E-state index in [-0.39, 0.29) is 24.0 Å². The number of Topliss-reactive ketones (excluding diaryl/α,β-unsaturated/α-hetero) is 1. The lowest BCUT2D eigenvalue weighted by atomic mass is 10.00. The molecule has 136 valence electrons. The van der Waals surface area contributed by atoms with Crippen LogP contribution in [0.3, 0.4) is 0 Å². The van der Waals surface area contributed by atoms with Gasteiger partial charge in [0.2, 0.25) is 0 Å². The lowest BCUT2D eigenvalue weighted by Crippen LogP contribution is -2.33. The minimum Gasteiger partial charge on any atom is -0.507 e. The molecular formula is C20H21NO4S. The van der Waals surface area contributed by atoms with Crippen molar-refractivity contribution in [2.75, 3.05) is 13.2 Å². The summed E-state index contributed by atoms with van der Waals surface area (Å²) in [5, 5.41) is 12.7. The van der Waals surface area contributed by atoms with Gasteiger partial charge in [0.15, 0.2) is 0 Å². The van der Waals surface area contributed by atoms with Crippen molar-refractivity contribution in [3.05, 3.63) is 63.9 Å². The molecule has 2 heterocycles. The fraction of sp³-hybridized carbons (Fsp3) is 0.300. The molecule has 0 bridgehead atoms. The van der Waals surface area contributed by atoms with Crippen LogP contribution in [-0.4, -0.2) is 41.0 Å². The van der Waals surface area contributed by atoms with Crippen LogP contribution in [0.1, 0.15) is 30.3 Å². The molecule has 0 spiro atoms. The minimum atomic E-state index is -0.658. The Morgan fingerprint density at radius 2 is 1.92 bits per heavy atom. The molecule has 1 N–H and O–H groups in total. The number of ether oxygens (including phenoxy) is 1. The SMILES string of the molecule is CC(C)OCCN1C(=O)C(=O)/C(=C(\O)c2ccccc2)C1c1cccs1. The molecule has 5 nitrogen and oxygen atoms in total. The third kappa shape index (κ3) is 3.57. The molecule has 3 rings (SSSR count). The van der Waals surface area contributed by atoms with E-state index in [1.807, 2.05) is 37.4 Å². The number of aliphatic hydroxyl groups is 1. The number of hydrogen-bond donors (Lipinski definition) is 1. The lowest BCUT2D eigenvalue weighted by molar-refractivity contribution is -0.140. The third-order valence-electron chi connectivity index (χ3n) is 4.18. The first-order chi connectivity index (χ1) is 12.5. The molecule has 26 heavy (non-hydrogen) atoms. The highest BCUT2D eigenvalue weighted by molar-refractivity contribution is 7.10. The van der Waals surface area contributed by atoms with Gasteiger partial charge in [-0.05, 0) is 25.3 Å². The zero-order valence-corrected chi connectivity index (χ0v) is 15.5. The summed E-state index contributed by atoms with van der Waals surface area (Å²) < 4.78 is 5.55. The van der Waals surface area contributed by atoms with Gasteiger partial charge in [-0.3, -0.25) is 9.59 Å². The number of carbonyl (C=O) groups is 2. The van der Waals surface area contributed by atoms with Crippen molar-refractivity contribution in [3.63, 3.8) is 0 Å². The number of nitrogens with zero attached hydrogens (tertiary/aromatic N) is 1. The maximum Gasteiger partial charge on any atom is 0.295 e. The fourth-order valence-electron chi connectivity index (χ4n) is 2.99.